The molecule has 2 N–H and O–H groups in total. The third-order valence-corrected chi connectivity index (χ3v) is 6.21. The topological polar surface area (TPSA) is 75.6 Å². The quantitative estimate of drug-likeness (QED) is 0.464. The van der Waals surface area contributed by atoms with Crippen molar-refractivity contribution in [1.29, 1.82) is 0 Å². The highest BCUT2D eigenvalue weighted by molar-refractivity contribution is 5.86. The summed E-state index contributed by atoms with van der Waals surface area (Å²) in [5.41, 5.74) is 2.42. The summed E-state index contributed by atoms with van der Waals surface area (Å²) in [7, 11) is 0. The number of hydrogen-bond acceptors (Lipinski definition) is 3. The average Bonchev–Trinajstić information content (AvgIpc) is 3.53. The van der Waals surface area contributed by atoms with Gasteiger partial charge in [0.05, 0.1) is 17.9 Å². The molecule has 4 aromatic rings. The van der Waals surface area contributed by atoms with Crippen LogP contribution in [0.15, 0.2) is 48.8 Å². The van der Waals surface area contributed by atoms with Crippen molar-refractivity contribution in [2.24, 2.45) is 0 Å². The van der Waals surface area contributed by atoms with Crippen LogP contribution in [-0.4, -0.2) is 31.9 Å². The van der Waals surface area contributed by atoms with E-state index in [0.717, 1.165) is 24.6 Å². The van der Waals surface area contributed by atoms with E-state index in [1.54, 1.807) is 35.3 Å². The molecule has 2 aromatic heterocycles. The minimum absolute atomic E-state index is 0.0391. The highest BCUT2D eigenvalue weighted by Crippen LogP contribution is 2.35. The lowest BCUT2D eigenvalue weighted by molar-refractivity contribution is -0.121. The first-order valence-corrected chi connectivity index (χ1v) is 10.8. The second-order valence-electron chi connectivity index (χ2n) is 8.24. The van der Waals surface area contributed by atoms with Crippen LogP contribution in [0.5, 0.6) is 0 Å². The molecule has 0 radical (unpaired) electrons. The summed E-state index contributed by atoms with van der Waals surface area (Å²) < 4.78 is 31.5. The van der Waals surface area contributed by atoms with E-state index >= 15 is 4.39 Å². The van der Waals surface area contributed by atoms with Gasteiger partial charge in [-0.25, -0.2) is 13.5 Å². The van der Waals surface area contributed by atoms with Gasteiger partial charge in [0, 0.05) is 46.3 Å². The van der Waals surface area contributed by atoms with Gasteiger partial charge in [-0.05, 0) is 43.5 Å². The maximum atomic E-state index is 15.1. The molecule has 0 saturated heterocycles. The molecule has 2 aromatic carbocycles. The number of nitrogens with one attached hydrogen (secondary N) is 2. The van der Waals surface area contributed by atoms with Gasteiger partial charge in [-0.3, -0.25) is 4.79 Å². The first kappa shape index (κ1) is 20.4. The lowest BCUT2D eigenvalue weighted by Gasteiger charge is -2.15. The fourth-order valence-corrected chi connectivity index (χ4v) is 4.53. The number of fused-ring (bicyclic) bond motifs is 1. The monoisotopic (exact) mass is 435 g/mol. The third-order valence-electron chi connectivity index (χ3n) is 6.21. The van der Waals surface area contributed by atoms with Crippen molar-refractivity contribution in [3.05, 3.63) is 60.4 Å². The van der Waals surface area contributed by atoms with Crippen molar-refractivity contribution in [3.8, 4) is 22.4 Å². The first-order chi connectivity index (χ1) is 15.5. The van der Waals surface area contributed by atoms with E-state index in [1.165, 1.54) is 12.1 Å². The number of aromatic amines is 1. The summed E-state index contributed by atoms with van der Waals surface area (Å²) in [6.45, 7) is 1.83. The largest absolute Gasteiger partial charge is 0.361 e. The molecule has 0 unspecified atom stereocenters. The molecular weight excluding hydrogens is 412 g/mol. The number of rotatable bonds is 5. The Hall–Kier alpha value is -3.55. The van der Waals surface area contributed by atoms with Gasteiger partial charge in [0.25, 0.3) is 0 Å². The Morgan fingerprint density at radius 3 is 2.81 bits per heavy atom. The second kappa shape index (κ2) is 8.18. The summed E-state index contributed by atoms with van der Waals surface area (Å²) in [6.07, 6.45) is 6.27. The van der Waals surface area contributed by atoms with Crippen molar-refractivity contribution in [2.75, 3.05) is 0 Å². The summed E-state index contributed by atoms with van der Waals surface area (Å²) in [6, 6.07) is 9.79. The van der Waals surface area contributed by atoms with E-state index in [-0.39, 0.29) is 29.1 Å². The molecular formula is C24H23F2N5O. The highest BCUT2D eigenvalue weighted by atomic mass is 19.1. The van der Waals surface area contributed by atoms with E-state index < -0.39 is 11.6 Å². The van der Waals surface area contributed by atoms with Crippen LogP contribution in [-0.2, 0) is 4.79 Å². The van der Waals surface area contributed by atoms with Gasteiger partial charge in [-0.2, -0.15) is 0 Å². The van der Waals surface area contributed by atoms with Gasteiger partial charge in [0.1, 0.15) is 11.6 Å². The summed E-state index contributed by atoms with van der Waals surface area (Å²) in [4.78, 5) is 14.7. The van der Waals surface area contributed by atoms with Crippen LogP contribution in [0.4, 0.5) is 8.78 Å². The normalized spacial score (nSPS) is 18.3. The fraction of sp³-hybridized carbons (Fsp3) is 0.292. The second-order valence-corrected chi connectivity index (χ2v) is 8.24. The first-order valence-electron chi connectivity index (χ1n) is 10.8. The predicted octanol–water partition coefficient (Wildman–Crippen LogP) is 4.99. The van der Waals surface area contributed by atoms with Crippen LogP contribution < -0.4 is 5.32 Å². The Kier molecular flexibility index (Phi) is 5.20. The Bertz CT molecular complexity index is 1290. The predicted molar refractivity (Wildman–Crippen MR) is 118 cm³/mol. The lowest BCUT2D eigenvalue weighted by Crippen LogP contribution is -2.32. The van der Waals surface area contributed by atoms with Crippen LogP contribution in [0, 0.1) is 11.6 Å². The maximum Gasteiger partial charge on any atom is 0.219 e. The van der Waals surface area contributed by atoms with Gasteiger partial charge in [0.15, 0.2) is 0 Å². The van der Waals surface area contributed by atoms with Gasteiger partial charge in [-0.1, -0.05) is 24.3 Å². The Morgan fingerprint density at radius 1 is 1.16 bits per heavy atom. The molecule has 5 rings (SSSR count). The van der Waals surface area contributed by atoms with Gasteiger partial charge < -0.3 is 10.3 Å². The van der Waals surface area contributed by atoms with E-state index in [2.05, 4.69) is 20.6 Å². The molecule has 6 nitrogen and oxygen atoms in total. The number of aromatic nitrogens is 4. The smallest absolute Gasteiger partial charge is 0.219 e. The van der Waals surface area contributed by atoms with Crippen LogP contribution >= 0.6 is 0 Å². The number of H-pyrrole nitrogens is 1. The van der Waals surface area contributed by atoms with E-state index in [9.17, 15) is 9.18 Å². The molecule has 1 amide bonds. The number of benzene rings is 2. The molecule has 32 heavy (non-hydrogen) atoms. The molecule has 0 aliphatic heterocycles. The number of carbonyl (C=O) groups excluding carboxylic acids is 1. The molecule has 2 heterocycles. The Labute approximate surface area is 183 Å². The average molecular weight is 435 g/mol. The summed E-state index contributed by atoms with van der Waals surface area (Å²) in [5.74, 6) is -0.954. The molecule has 164 valence electrons. The molecule has 1 saturated carbocycles. The van der Waals surface area contributed by atoms with Crippen molar-refractivity contribution < 1.29 is 13.6 Å². The van der Waals surface area contributed by atoms with Crippen LogP contribution in [0.1, 0.15) is 38.6 Å². The maximum absolute atomic E-state index is 15.1. The SMILES string of the molecule is CCC(=O)N[C@H]1CC[C@@H](n2nncc2-c2ccc(-c3cc4cc[nH]c4cc3F)c(F)c2)C1. The lowest BCUT2D eigenvalue weighted by atomic mass is 10.00. The van der Waals surface area contributed by atoms with Crippen LogP contribution in [0.2, 0.25) is 0 Å². The van der Waals surface area contributed by atoms with Gasteiger partial charge in [-0.15, -0.1) is 5.10 Å². The molecule has 8 heteroatoms. The zero-order valence-electron chi connectivity index (χ0n) is 17.6. The Balaban J connectivity index is 1.43. The number of carbonyl (C=O) groups is 1. The number of nitrogens with zero attached hydrogens (tertiary/aromatic N) is 3. The van der Waals surface area contributed by atoms with E-state index in [1.807, 2.05) is 13.0 Å². The van der Waals surface area contributed by atoms with Crippen molar-refractivity contribution in [1.82, 2.24) is 25.3 Å². The number of halogens is 2. The molecule has 2 atom stereocenters. The van der Waals surface area contributed by atoms with E-state index in [0.29, 0.717) is 23.2 Å². The standard InChI is InChI=1S/C24H23F2N5O/c1-2-24(32)29-16-4-5-17(11-16)31-23(13-28-30-31)15-3-6-18(20(25)10-15)19-9-14-7-8-27-22(14)12-21(19)26/h3,6-10,12-13,16-17,27H,2,4-5,11H2,1H3,(H,29,32)/t16-,17+/m0/s1. The molecule has 0 bridgehead atoms. The van der Waals surface area contributed by atoms with Crippen molar-refractivity contribution >= 4 is 16.8 Å². The fourth-order valence-electron chi connectivity index (χ4n) is 4.53. The highest BCUT2D eigenvalue weighted by Gasteiger charge is 2.29. The van der Waals surface area contributed by atoms with E-state index in [4.69, 9.17) is 0 Å². The summed E-state index contributed by atoms with van der Waals surface area (Å²) in [5, 5.41) is 12.1. The van der Waals surface area contributed by atoms with Gasteiger partial charge in [0.2, 0.25) is 5.91 Å². The molecule has 1 fully saturated rings. The summed E-state index contributed by atoms with van der Waals surface area (Å²) >= 11 is 0. The van der Waals surface area contributed by atoms with Crippen LogP contribution in [0.25, 0.3) is 33.3 Å². The van der Waals surface area contributed by atoms with Crippen molar-refractivity contribution in [2.45, 2.75) is 44.7 Å². The number of hydrogen-bond donors (Lipinski definition) is 2. The zero-order chi connectivity index (χ0) is 22.2. The van der Waals surface area contributed by atoms with Crippen LogP contribution in [0.3, 0.4) is 0 Å². The third kappa shape index (κ3) is 3.66. The van der Waals surface area contributed by atoms with Crippen molar-refractivity contribution in [3.63, 3.8) is 0 Å². The zero-order valence-corrected chi connectivity index (χ0v) is 17.6. The number of amides is 1. The van der Waals surface area contributed by atoms with Gasteiger partial charge >= 0.3 is 0 Å². The minimum Gasteiger partial charge on any atom is -0.361 e. The Morgan fingerprint density at radius 2 is 2.00 bits per heavy atom. The minimum atomic E-state index is -0.511. The molecule has 1 aliphatic rings. The molecule has 1 aliphatic carbocycles. The molecule has 0 spiro atoms.